The minimum Gasteiger partial charge on any atom is -0.481 e. The molecule has 1 N–H and O–H groups in total. The largest absolute Gasteiger partial charge is 0.481 e. The van der Waals surface area contributed by atoms with Crippen LogP contribution in [-0.4, -0.2) is 28.2 Å². The van der Waals surface area contributed by atoms with Crippen LogP contribution in [0.1, 0.15) is 24.3 Å². The van der Waals surface area contributed by atoms with E-state index in [9.17, 15) is 4.79 Å². The maximum absolute atomic E-state index is 12.0. The van der Waals surface area contributed by atoms with E-state index in [1.54, 1.807) is 19.4 Å². The number of amides is 1. The van der Waals surface area contributed by atoms with Gasteiger partial charge in [-0.3, -0.25) is 4.79 Å². The normalized spacial score (nSPS) is 10.5. The highest BCUT2D eigenvalue weighted by atomic mass is 16.5. The molecule has 26 heavy (non-hydrogen) atoms. The second kappa shape index (κ2) is 8.75. The van der Waals surface area contributed by atoms with E-state index in [0.717, 1.165) is 11.1 Å². The van der Waals surface area contributed by atoms with Crippen molar-refractivity contribution in [2.24, 2.45) is 0 Å². The standard InChI is InChI=1S/C19H20N4O3/c1-25-18-12-14(10-11-20-18)13-21-16(24)8-5-9-17-22-23-19(26-17)15-6-3-2-4-7-15/h2-4,6-7,10-12H,5,8-9,13H2,1H3,(H,21,24). The summed E-state index contributed by atoms with van der Waals surface area (Å²) in [6, 6.07) is 13.2. The van der Waals surface area contributed by atoms with Crippen molar-refractivity contribution >= 4 is 5.91 Å². The zero-order valence-corrected chi connectivity index (χ0v) is 14.5. The third-order valence-electron chi connectivity index (χ3n) is 3.78. The Labute approximate surface area is 151 Å². The molecule has 3 aromatic rings. The molecular weight excluding hydrogens is 332 g/mol. The molecule has 0 aliphatic carbocycles. The van der Waals surface area contributed by atoms with E-state index in [1.807, 2.05) is 36.4 Å². The highest BCUT2D eigenvalue weighted by molar-refractivity contribution is 5.75. The van der Waals surface area contributed by atoms with Crippen LogP contribution in [0.15, 0.2) is 53.1 Å². The first-order valence-electron chi connectivity index (χ1n) is 8.38. The van der Waals surface area contributed by atoms with Gasteiger partial charge in [0.25, 0.3) is 0 Å². The zero-order valence-electron chi connectivity index (χ0n) is 14.5. The minimum absolute atomic E-state index is 0.0245. The monoisotopic (exact) mass is 352 g/mol. The number of carbonyl (C=O) groups excluding carboxylic acids is 1. The molecule has 3 rings (SSSR count). The molecule has 7 nitrogen and oxygen atoms in total. The first-order chi connectivity index (χ1) is 12.7. The first-order valence-corrected chi connectivity index (χ1v) is 8.38. The third kappa shape index (κ3) is 4.89. The van der Waals surface area contributed by atoms with Crippen molar-refractivity contribution in [3.63, 3.8) is 0 Å². The average Bonchev–Trinajstić information content (AvgIpc) is 3.16. The number of aryl methyl sites for hydroxylation is 1. The van der Waals surface area contributed by atoms with Crippen LogP contribution in [-0.2, 0) is 17.8 Å². The number of hydrogen-bond acceptors (Lipinski definition) is 6. The van der Waals surface area contributed by atoms with Gasteiger partial charge in [0.2, 0.25) is 23.6 Å². The third-order valence-corrected chi connectivity index (χ3v) is 3.78. The number of nitrogens with zero attached hydrogens (tertiary/aromatic N) is 3. The van der Waals surface area contributed by atoms with E-state index in [4.69, 9.17) is 9.15 Å². The Bertz CT molecular complexity index is 849. The maximum Gasteiger partial charge on any atom is 0.247 e. The Morgan fingerprint density at radius 2 is 2.04 bits per heavy atom. The number of rotatable bonds is 8. The fraction of sp³-hybridized carbons (Fsp3) is 0.263. The Hall–Kier alpha value is -3.22. The van der Waals surface area contributed by atoms with Gasteiger partial charge < -0.3 is 14.5 Å². The zero-order chi connectivity index (χ0) is 18.2. The van der Waals surface area contributed by atoms with Crippen LogP contribution in [0.25, 0.3) is 11.5 Å². The molecule has 0 aliphatic heterocycles. The Kier molecular flexibility index (Phi) is 5.92. The lowest BCUT2D eigenvalue weighted by atomic mass is 10.2. The van der Waals surface area contributed by atoms with Crippen LogP contribution in [0.5, 0.6) is 5.88 Å². The van der Waals surface area contributed by atoms with E-state index in [-0.39, 0.29) is 5.91 Å². The number of pyridine rings is 1. The predicted octanol–water partition coefficient (Wildman–Crippen LogP) is 2.78. The van der Waals surface area contributed by atoms with Crippen LogP contribution in [0.2, 0.25) is 0 Å². The molecular formula is C19H20N4O3. The predicted molar refractivity (Wildman–Crippen MR) is 95.3 cm³/mol. The maximum atomic E-state index is 12.0. The van der Waals surface area contributed by atoms with Crippen molar-refractivity contribution in [1.29, 1.82) is 0 Å². The van der Waals surface area contributed by atoms with Crippen molar-refractivity contribution in [2.75, 3.05) is 7.11 Å². The summed E-state index contributed by atoms with van der Waals surface area (Å²) in [5, 5.41) is 11.0. The highest BCUT2D eigenvalue weighted by Gasteiger charge is 2.09. The molecule has 2 aromatic heterocycles. The van der Waals surface area contributed by atoms with E-state index >= 15 is 0 Å². The van der Waals surface area contributed by atoms with E-state index in [1.165, 1.54) is 0 Å². The number of hydrogen-bond donors (Lipinski definition) is 1. The lowest BCUT2D eigenvalue weighted by Crippen LogP contribution is -2.22. The topological polar surface area (TPSA) is 90.1 Å². The summed E-state index contributed by atoms with van der Waals surface area (Å²) >= 11 is 0. The molecule has 0 radical (unpaired) electrons. The van der Waals surface area contributed by atoms with Gasteiger partial charge in [0.05, 0.1) is 7.11 Å². The summed E-state index contributed by atoms with van der Waals surface area (Å²) in [4.78, 5) is 16.0. The molecule has 0 saturated carbocycles. The van der Waals surface area contributed by atoms with Gasteiger partial charge in [0.15, 0.2) is 0 Å². The van der Waals surface area contributed by atoms with Gasteiger partial charge in [-0.25, -0.2) is 4.98 Å². The number of nitrogens with one attached hydrogen (secondary N) is 1. The Morgan fingerprint density at radius 1 is 1.19 bits per heavy atom. The molecule has 0 fully saturated rings. The smallest absolute Gasteiger partial charge is 0.247 e. The number of carbonyl (C=O) groups is 1. The molecule has 2 heterocycles. The van der Waals surface area contributed by atoms with Gasteiger partial charge in [-0.05, 0) is 30.2 Å². The fourth-order valence-electron chi connectivity index (χ4n) is 2.41. The molecule has 1 amide bonds. The van der Waals surface area contributed by atoms with E-state index < -0.39 is 0 Å². The Balaban J connectivity index is 1.42. The van der Waals surface area contributed by atoms with E-state index in [0.29, 0.717) is 43.5 Å². The molecule has 0 aliphatic rings. The summed E-state index contributed by atoms with van der Waals surface area (Å²) in [6.07, 6.45) is 3.25. The van der Waals surface area contributed by atoms with E-state index in [2.05, 4.69) is 20.5 Å². The molecule has 0 saturated heterocycles. The Morgan fingerprint density at radius 3 is 2.85 bits per heavy atom. The molecule has 1 aromatic carbocycles. The van der Waals surface area contributed by atoms with Crippen molar-refractivity contribution in [3.05, 3.63) is 60.1 Å². The lowest BCUT2D eigenvalue weighted by molar-refractivity contribution is -0.121. The van der Waals surface area contributed by atoms with Gasteiger partial charge in [-0.2, -0.15) is 0 Å². The van der Waals surface area contributed by atoms with Crippen LogP contribution in [0.4, 0.5) is 0 Å². The average molecular weight is 352 g/mol. The molecule has 0 spiro atoms. The van der Waals surface area contributed by atoms with Crippen LogP contribution in [0, 0.1) is 0 Å². The molecule has 7 heteroatoms. The minimum atomic E-state index is -0.0245. The number of methoxy groups -OCH3 is 1. The van der Waals surface area contributed by atoms with Gasteiger partial charge in [-0.1, -0.05) is 18.2 Å². The molecule has 0 bridgehead atoms. The van der Waals surface area contributed by atoms with Gasteiger partial charge >= 0.3 is 0 Å². The van der Waals surface area contributed by atoms with Gasteiger partial charge in [0.1, 0.15) is 0 Å². The van der Waals surface area contributed by atoms with Crippen molar-refractivity contribution < 1.29 is 13.9 Å². The number of ether oxygens (including phenoxy) is 1. The van der Waals surface area contributed by atoms with Crippen molar-refractivity contribution in [2.45, 2.75) is 25.8 Å². The van der Waals surface area contributed by atoms with Crippen molar-refractivity contribution in [3.8, 4) is 17.3 Å². The van der Waals surface area contributed by atoms with Gasteiger partial charge in [-0.15, -0.1) is 10.2 Å². The SMILES string of the molecule is COc1cc(CNC(=O)CCCc2nnc(-c3ccccc3)o2)ccn1. The first kappa shape index (κ1) is 17.6. The van der Waals surface area contributed by atoms with Gasteiger partial charge in [0, 0.05) is 37.2 Å². The summed E-state index contributed by atoms with van der Waals surface area (Å²) in [5.41, 5.74) is 1.83. The molecule has 0 unspecified atom stereocenters. The van der Waals surface area contributed by atoms with Crippen LogP contribution >= 0.6 is 0 Å². The quantitative estimate of drug-likeness (QED) is 0.670. The molecule has 0 atom stereocenters. The summed E-state index contributed by atoms with van der Waals surface area (Å²) in [6.45, 7) is 0.441. The number of aromatic nitrogens is 3. The molecule has 134 valence electrons. The lowest BCUT2D eigenvalue weighted by Gasteiger charge is -2.06. The van der Waals surface area contributed by atoms with Crippen LogP contribution < -0.4 is 10.1 Å². The second-order valence-corrected chi connectivity index (χ2v) is 5.70. The van der Waals surface area contributed by atoms with Crippen molar-refractivity contribution in [1.82, 2.24) is 20.5 Å². The highest BCUT2D eigenvalue weighted by Crippen LogP contribution is 2.17. The number of benzene rings is 1. The summed E-state index contributed by atoms with van der Waals surface area (Å²) in [5.74, 6) is 1.54. The summed E-state index contributed by atoms with van der Waals surface area (Å²) in [7, 11) is 1.56. The second-order valence-electron chi connectivity index (χ2n) is 5.70. The fourth-order valence-corrected chi connectivity index (χ4v) is 2.41. The van der Waals surface area contributed by atoms with Crippen LogP contribution in [0.3, 0.4) is 0 Å². The summed E-state index contributed by atoms with van der Waals surface area (Å²) < 4.78 is 10.7.